The normalized spacial score (nSPS) is 16.7. The van der Waals surface area contributed by atoms with Gasteiger partial charge in [0.25, 0.3) is 11.8 Å². The first-order chi connectivity index (χ1) is 16.7. The zero-order valence-corrected chi connectivity index (χ0v) is 21.1. The second-order valence-corrected chi connectivity index (χ2v) is 10.6. The number of carbonyl (C=O) groups is 2. The molecule has 2 aromatic heterocycles. The van der Waals surface area contributed by atoms with E-state index in [1.807, 2.05) is 28.5 Å². The topological polar surface area (TPSA) is 75.2 Å². The second-order valence-electron chi connectivity index (χ2n) is 8.71. The van der Waals surface area contributed by atoms with E-state index in [2.05, 4.69) is 27.9 Å². The smallest absolute Gasteiger partial charge is 0.270 e. The molecular weight excluding hydrogens is 464 g/mol. The number of rotatable bonds is 9. The summed E-state index contributed by atoms with van der Waals surface area (Å²) in [6, 6.07) is 3.66. The van der Waals surface area contributed by atoms with Crippen molar-refractivity contribution in [3.8, 4) is 0 Å². The zero-order valence-electron chi connectivity index (χ0n) is 19.5. The van der Waals surface area contributed by atoms with Crippen LogP contribution >= 0.6 is 23.1 Å². The number of pyridine rings is 1. The third-order valence-electron chi connectivity index (χ3n) is 6.34. The quantitative estimate of drug-likeness (QED) is 0.369. The molecule has 0 aromatic carbocycles. The van der Waals surface area contributed by atoms with Crippen molar-refractivity contribution in [1.29, 1.82) is 0 Å². The van der Waals surface area contributed by atoms with Gasteiger partial charge in [-0.1, -0.05) is 17.7 Å². The van der Waals surface area contributed by atoms with Crippen molar-refractivity contribution in [2.45, 2.75) is 55.9 Å². The molecule has 0 radical (unpaired) electrons. The number of piperidine rings is 1. The Labute approximate surface area is 210 Å². The SMILES string of the molecule is C=CCSc1ncccc1C(=O)N1CCC(c2nc(C(=O)NCCC3=CCCCC3)cs2)CC1. The minimum atomic E-state index is -0.0901. The molecule has 0 saturated carbocycles. The number of nitrogens with zero attached hydrogens (tertiary/aromatic N) is 3. The van der Waals surface area contributed by atoms with Crippen LogP contribution in [0.4, 0.5) is 0 Å². The molecule has 1 N–H and O–H groups in total. The van der Waals surface area contributed by atoms with Gasteiger partial charge in [-0.25, -0.2) is 9.97 Å². The fourth-order valence-corrected chi connectivity index (χ4v) is 6.14. The maximum atomic E-state index is 13.1. The van der Waals surface area contributed by atoms with Gasteiger partial charge < -0.3 is 10.2 Å². The molecule has 34 heavy (non-hydrogen) atoms. The summed E-state index contributed by atoms with van der Waals surface area (Å²) in [7, 11) is 0. The van der Waals surface area contributed by atoms with Crippen molar-refractivity contribution >= 4 is 34.9 Å². The Morgan fingerprint density at radius 1 is 1.29 bits per heavy atom. The number of thioether (sulfide) groups is 1. The lowest BCUT2D eigenvalue weighted by molar-refractivity contribution is 0.0708. The first-order valence-electron chi connectivity index (χ1n) is 12.0. The highest BCUT2D eigenvalue weighted by Crippen LogP contribution is 2.31. The van der Waals surface area contributed by atoms with Crippen molar-refractivity contribution in [3.63, 3.8) is 0 Å². The maximum Gasteiger partial charge on any atom is 0.270 e. The van der Waals surface area contributed by atoms with E-state index < -0.39 is 0 Å². The standard InChI is InChI=1S/C26H32N4O2S2/c1-2-17-33-25-21(9-6-13-28-25)26(32)30-15-11-20(12-16-30)24-29-22(18-34-24)23(31)27-14-10-19-7-4-3-5-8-19/h2,6-7,9,13,18,20H,1,3-5,8,10-12,14-17H2,(H,27,31). The van der Waals surface area contributed by atoms with Gasteiger partial charge in [0.2, 0.25) is 0 Å². The third kappa shape index (κ3) is 6.36. The predicted octanol–water partition coefficient (Wildman–Crippen LogP) is 5.46. The molecule has 1 fully saturated rings. The molecule has 1 saturated heterocycles. The molecule has 2 aliphatic rings. The van der Waals surface area contributed by atoms with E-state index in [1.165, 1.54) is 36.6 Å². The van der Waals surface area contributed by atoms with Crippen LogP contribution < -0.4 is 5.32 Å². The molecule has 6 nitrogen and oxygen atoms in total. The van der Waals surface area contributed by atoms with E-state index in [4.69, 9.17) is 0 Å². The zero-order chi connectivity index (χ0) is 23.8. The van der Waals surface area contributed by atoms with Crippen LogP contribution in [0.1, 0.15) is 76.7 Å². The van der Waals surface area contributed by atoms with Crippen LogP contribution in [-0.2, 0) is 0 Å². The van der Waals surface area contributed by atoms with Gasteiger partial charge in [-0.3, -0.25) is 9.59 Å². The van der Waals surface area contributed by atoms with E-state index in [9.17, 15) is 9.59 Å². The molecule has 3 heterocycles. The summed E-state index contributed by atoms with van der Waals surface area (Å²) in [6.07, 6.45) is 13.4. The average molecular weight is 497 g/mol. The first-order valence-corrected chi connectivity index (χ1v) is 13.9. The minimum absolute atomic E-state index is 0.0328. The summed E-state index contributed by atoms with van der Waals surface area (Å²) < 4.78 is 0. The number of hydrogen-bond donors (Lipinski definition) is 1. The summed E-state index contributed by atoms with van der Waals surface area (Å²) in [6.45, 7) is 5.78. The van der Waals surface area contributed by atoms with Crippen molar-refractivity contribution in [2.75, 3.05) is 25.4 Å². The highest BCUT2D eigenvalue weighted by Gasteiger charge is 2.28. The van der Waals surface area contributed by atoms with Crippen molar-refractivity contribution in [2.24, 2.45) is 0 Å². The van der Waals surface area contributed by atoms with E-state index in [1.54, 1.807) is 17.5 Å². The van der Waals surface area contributed by atoms with Gasteiger partial charge in [-0.05, 0) is 57.1 Å². The highest BCUT2D eigenvalue weighted by atomic mass is 32.2. The number of carbonyl (C=O) groups excluding carboxylic acids is 2. The second kappa shape index (κ2) is 12.3. The summed E-state index contributed by atoms with van der Waals surface area (Å²) in [5.74, 6) is 0.946. The summed E-state index contributed by atoms with van der Waals surface area (Å²) in [5, 5.41) is 6.63. The van der Waals surface area contributed by atoms with Crippen molar-refractivity contribution in [3.05, 3.63) is 64.3 Å². The van der Waals surface area contributed by atoms with Crippen LogP contribution in [0.25, 0.3) is 0 Å². The Kier molecular flexibility index (Phi) is 8.93. The molecule has 2 aromatic rings. The maximum absolute atomic E-state index is 13.1. The van der Waals surface area contributed by atoms with E-state index in [0.717, 1.165) is 41.5 Å². The van der Waals surface area contributed by atoms with Gasteiger partial charge in [0, 0.05) is 42.9 Å². The summed E-state index contributed by atoms with van der Waals surface area (Å²) >= 11 is 3.08. The van der Waals surface area contributed by atoms with Crippen LogP contribution in [0, 0.1) is 0 Å². The number of hydrogen-bond acceptors (Lipinski definition) is 6. The number of amides is 2. The van der Waals surface area contributed by atoms with Crippen LogP contribution in [0.15, 0.2) is 53.0 Å². The van der Waals surface area contributed by atoms with Gasteiger partial charge in [0.1, 0.15) is 10.7 Å². The predicted molar refractivity (Wildman–Crippen MR) is 139 cm³/mol. The number of thiazole rings is 1. The van der Waals surface area contributed by atoms with Crippen LogP contribution in [0.3, 0.4) is 0 Å². The minimum Gasteiger partial charge on any atom is -0.350 e. The Morgan fingerprint density at radius 2 is 2.15 bits per heavy atom. The van der Waals surface area contributed by atoms with E-state index in [-0.39, 0.29) is 17.7 Å². The molecular formula is C26H32N4O2S2. The van der Waals surface area contributed by atoms with Gasteiger partial charge in [-0.15, -0.1) is 29.7 Å². The Balaban J connectivity index is 1.27. The molecule has 8 heteroatoms. The number of allylic oxidation sites excluding steroid dienone is 1. The summed E-state index contributed by atoms with van der Waals surface area (Å²) in [5.41, 5.74) is 2.63. The van der Waals surface area contributed by atoms with Gasteiger partial charge >= 0.3 is 0 Å². The lowest BCUT2D eigenvalue weighted by Crippen LogP contribution is -2.38. The fourth-order valence-electron chi connectivity index (χ4n) is 4.44. The molecule has 2 amide bonds. The molecule has 4 rings (SSSR count). The van der Waals surface area contributed by atoms with Gasteiger partial charge in [-0.2, -0.15) is 0 Å². The number of aromatic nitrogens is 2. The Hall–Kier alpha value is -2.45. The molecule has 0 bridgehead atoms. The van der Waals surface area contributed by atoms with Crippen LogP contribution in [0.5, 0.6) is 0 Å². The van der Waals surface area contributed by atoms with E-state index >= 15 is 0 Å². The van der Waals surface area contributed by atoms with Crippen LogP contribution in [0.2, 0.25) is 0 Å². The average Bonchev–Trinajstić information content (AvgIpc) is 3.38. The molecule has 0 atom stereocenters. The third-order valence-corrected chi connectivity index (χ3v) is 8.35. The number of likely N-dealkylation sites (tertiary alicyclic amines) is 1. The number of nitrogens with one attached hydrogen (secondary N) is 1. The molecule has 1 aliphatic carbocycles. The lowest BCUT2D eigenvalue weighted by Gasteiger charge is -2.31. The molecule has 0 spiro atoms. The monoisotopic (exact) mass is 496 g/mol. The van der Waals surface area contributed by atoms with Crippen molar-refractivity contribution < 1.29 is 9.59 Å². The van der Waals surface area contributed by atoms with Crippen LogP contribution in [-0.4, -0.2) is 52.1 Å². The first kappa shape index (κ1) is 24.7. The Bertz CT molecular complexity index is 1040. The molecule has 180 valence electrons. The fraction of sp³-hybridized carbons (Fsp3) is 0.462. The molecule has 0 unspecified atom stereocenters. The largest absolute Gasteiger partial charge is 0.350 e. The lowest BCUT2D eigenvalue weighted by atomic mass is 9.97. The highest BCUT2D eigenvalue weighted by molar-refractivity contribution is 7.99. The molecule has 1 aliphatic heterocycles. The van der Waals surface area contributed by atoms with E-state index in [0.29, 0.717) is 30.9 Å². The Morgan fingerprint density at radius 3 is 2.91 bits per heavy atom. The van der Waals surface area contributed by atoms with Gasteiger partial charge in [0.15, 0.2) is 0 Å². The summed E-state index contributed by atoms with van der Waals surface area (Å²) in [4.78, 5) is 36.6. The van der Waals surface area contributed by atoms with Crippen molar-refractivity contribution in [1.82, 2.24) is 20.2 Å². The van der Waals surface area contributed by atoms with Gasteiger partial charge in [0.05, 0.1) is 10.6 Å².